The summed E-state index contributed by atoms with van der Waals surface area (Å²) in [5, 5.41) is 11.7. The number of hydrogen-bond donors (Lipinski definition) is 0. The monoisotopic (exact) mass is 902 g/mol. The van der Waals surface area contributed by atoms with Crippen molar-refractivity contribution in [1.82, 2.24) is 0 Å². The number of nitrogens with zero attached hydrogens (tertiary/aromatic N) is 1. The zero-order valence-electron chi connectivity index (χ0n) is 42.1. The Balaban J connectivity index is 4.33. The van der Waals surface area contributed by atoms with Crippen LogP contribution in [-0.4, -0.2) is 82.3 Å². The van der Waals surface area contributed by atoms with E-state index in [0.717, 1.165) is 70.6 Å². The molecule has 0 heterocycles. The first-order chi connectivity index (χ1) is 31.1. The van der Waals surface area contributed by atoms with Gasteiger partial charge in [-0.2, -0.15) is 0 Å². The molecule has 0 bridgehead atoms. The molecule has 2 unspecified atom stereocenters. The Labute approximate surface area is 393 Å². The number of esters is 2. The maximum atomic E-state index is 12.8. The molecule has 9 nitrogen and oxygen atoms in total. The number of quaternary nitrogens is 1. The quantitative estimate of drug-likeness (QED) is 0.0195. The molecule has 0 radical (unpaired) electrons. The maximum Gasteiger partial charge on any atom is 0.306 e. The molecule has 0 aliphatic carbocycles. The molecule has 0 aromatic carbocycles. The number of hydrogen-bond acceptors (Lipinski definition) is 8. The summed E-state index contributed by atoms with van der Waals surface area (Å²) >= 11 is 0. The summed E-state index contributed by atoms with van der Waals surface area (Å²) in [7, 11) is 5.91. The second kappa shape index (κ2) is 46.8. The fraction of sp³-hybridized carbons (Fsp3) is 0.800. The van der Waals surface area contributed by atoms with E-state index in [2.05, 4.69) is 62.5 Å². The maximum absolute atomic E-state index is 12.8. The number of carbonyl (C=O) groups is 3. The van der Waals surface area contributed by atoms with Crippen LogP contribution in [0.2, 0.25) is 0 Å². The van der Waals surface area contributed by atoms with Gasteiger partial charge in [0.1, 0.15) is 13.2 Å². The second-order valence-electron chi connectivity index (χ2n) is 18.8. The number of carbonyl (C=O) groups excluding carboxylic acids is 3. The molecule has 0 spiro atoms. The highest BCUT2D eigenvalue weighted by molar-refractivity contribution is 5.70. The number of rotatable bonds is 48. The Kier molecular flexibility index (Phi) is 44.8. The fourth-order valence-electron chi connectivity index (χ4n) is 7.18. The standard InChI is InChI=1S/C55H99NO8/c1-6-8-10-12-14-16-18-20-22-24-25-26-27-28-29-30-32-34-36-38-40-42-44-46-53(58)64-51(50-63-55(54(59)60)61-48-47-56(3,4)5)49-62-52(57)45-43-41-39-37-35-33-31-23-21-19-17-15-13-11-9-7-2/h17-20,23-25,31,51,55H,6-16,21-22,26-30,32-50H2,1-5H3/b19-17-,20-18-,25-24-,31-23-. The molecular weight excluding hydrogens is 803 g/mol. The predicted octanol–water partition coefficient (Wildman–Crippen LogP) is 13.4. The fourth-order valence-corrected chi connectivity index (χ4v) is 7.18. The van der Waals surface area contributed by atoms with Gasteiger partial charge >= 0.3 is 11.9 Å². The van der Waals surface area contributed by atoms with Crippen LogP contribution in [-0.2, 0) is 33.3 Å². The smallest absolute Gasteiger partial charge is 0.306 e. The minimum atomic E-state index is -1.62. The normalized spacial score (nSPS) is 13.2. The van der Waals surface area contributed by atoms with Gasteiger partial charge in [-0.15, -0.1) is 0 Å². The van der Waals surface area contributed by atoms with Crippen molar-refractivity contribution >= 4 is 17.9 Å². The molecule has 0 aromatic heterocycles. The van der Waals surface area contributed by atoms with Gasteiger partial charge < -0.3 is 33.3 Å². The third-order valence-corrected chi connectivity index (χ3v) is 11.3. The average Bonchev–Trinajstić information content (AvgIpc) is 3.26. The molecular formula is C55H99NO8. The van der Waals surface area contributed by atoms with E-state index in [9.17, 15) is 19.5 Å². The van der Waals surface area contributed by atoms with Gasteiger partial charge in [0.25, 0.3) is 0 Å². The molecule has 0 saturated carbocycles. The largest absolute Gasteiger partial charge is 0.545 e. The Hall–Kier alpha value is -2.75. The predicted molar refractivity (Wildman–Crippen MR) is 265 cm³/mol. The Morgan fingerprint density at radius 3 is 1.25 bits per heavy atom. The zero-order chi connectivity index (χ0) is 47.0. The van der Waals surface area contributed by atoms with Crippen LogP contribution in [0.25, 0.3) is 0 Å². The first-order valence-electron chi connectivity index (χ1n) is 26.3. The van der Waals surface area contributed by atoms with Crippen molar-refractivity contribution in [2.75, 3.05) is 47.5 Å². The topological polar surface area (TPSA) is 111 Å². The molecule has 0 rings (SSSR count). The summed E-state index contributed by atoms with van der Waals surface area (Å²) in [6, 6.07) is 0. The average molecular weight is 902 g/mol. The van der Waals surface area contributed by atoms with E-state index in [1.54, 1.807) is 0 Å². The van der Waals surface area contributed by atoms with Crippen LogP contribution in [0.15, 0.2) is 48.6 Å². The minimum absolute atomic E-state index is 0.144. The van der Waals surface area contributed by atoms with E-state index in [-0.39, 0.29) is 38.6 Å². The molecule has 0 aliphatic rings. The lowest BCUT2D eigenvalue weighted by atomic mass is 10.0. The van der Waals surface area contributed by atoms with Crippen molar-refractivity contribution in [3.63, 3.8) is 0 Å². The SMILES string of the molecule is CCCCCC/C=C\C/C=C\CCCCCCCC(=O)OCC(COC(OCC[N+](C)(C)C)C(=O)[O-])OC(=O)CCCCCCCCCCCCC/C=C\C/C=C\CCCCCCC. The highest BCUT2D eigenvalue weighted by Crippen LogP contribution is 2.15. The highest BCUT2D eigenvalue weighted by Gasteiger charge is 2.22. The Morgan fingerprint density at radius 1 is 0.469 bits per heavy atom. The minimum Gasteiger partial charge on any atom is -0.545 e. The molecule has 9 heteroatoms. The molecule has 372 valence electrons. The zero-order valence-corrected chi connectivity index (χ0v) is 42.1. The molecule has 2 atom stereocenters. The van der Waals surface area contributed by atoms with Crippen molar-refractivity contribution in [2.45, 2.75) is 238 Å². The van der Waals surface area contributed by atoms with Gasteiger partial charge in [-0.05, 0) is 77.0 Å². The number of ether oxygens (including phenoxy) is 4. The lowest BCUT2D eigenvalue weighted by Crippen LogP contribution is -2.44. The lowest BCUT2D eigenvalue weighted by molar-refractivity contribution is -0.870. The Morgan fingerprint density at radius 2 is 0.844 bits per heavy atom. The Bertz CT molecular complexity index is 1190. The van der Waals surface area contributed by atoms with Crippen LogP contribution in [0.5, 0.6) is 0 Å². The van der Waals surface area contributed by atoms with Crippen LogP contribution in [0.3, 0.4) is 0 Å². The van der Waals surface area contributed by atoms with Crippen molar-refractivity contribution < 1.29 is 42.9 Å². The molecule has 0 saturated heterocycles. The number of carboxylic acids is 1. The van der Waals surface area contributed by atoms with Crippen molar-refractivity contribution in [1.29, 1.82) is 0 Å². The summed E-state index contributed by atoms with van der Waals surface area (Å²) in [6.45, 7) is 4.71. The third kappa shape index (κ3) is 47.2. The van der Waals surface area contributed by atoms with E-state index in [1.165, 1.54) is 122 Å². The van der Waals surface area contributed by atoms with Crippen LogP contribution in [0.1, 0.15) is 226 Å². The van der Waals surface area contributed by atoms with Crippen LogP contribution in [0, 0.1) is 0 Å². The molecule has 0 aromatic rings. The lowest BCUT2D eigenvalue weighted by Gasteiger charge is -2.26. The molecule has 64 heavy (non-hydrogen) atoms. The summed E-state index contributed by atoms with van der Waals surface area (Å²) < 4.78 is 22.6. The summed E-state index contributed by atoms with van der Waals surface area (Å²) in [5.74, 6) is -2.30. The van der Waals surface area contributed by atoms with Crippen LogP contribution in [0.4, 0.5) is 0 Å². The van der Waals surface area contributed by atoms with Crippen molar-refractivity contribution in [2.24, 2.45) is 0 Å². The van der Waals surface area contributed by atoms with E-state index in [4.69, 9.17) is 18.9 Å². The molecule has 0 aliphatic heterocycles. The molecule has 0 fully saturated rings. The van der Waals surface area contributed by atoms with Gasteiger partial charge in [0, 0.05) is 12.8 Å². The van der Waals surface area contributed by atoms with Gasteiger partial charge in [0.2, 0.25) is 0 Å². The van der Waals surface area contributed by atoms with E-state index < -0.39 is 24.3 Å². The van der Waals surface area contributed by atoms with E-state index in [1.807, 2.05) is 21.1 Å². The number of likely N-dealkylation sites (N-methyl/N-ethyl adjacent to an activating group) is 1. The number of allylic oxidation sites excluding steroid dienone is 8. The van der Waals surface area contributed by atoms with Gasteiger partial charge in [0.05, 0.1) is 40.3 Å². The summed E-state index contributed by atoms with van der Waals surface area (Å²) in [4.78, 5) is 37.1. The van der Waals surface area contributed by atoms with E-state index >= 15 is 0 Å². The first kappa shape index (κ1) is 61.2. The number of unbranched alkanes of at least 4 members (excludes halogenated alkanes) is 25. The molecule has 0 amide bonds. The van der Waals surface area contributed by atoms with Crippen molar-refractivity contribution in [3.8, 4) is 0 Å². The number of carboxylic acid groups (broad SMARTS) is 1. The summed E-state index contributed by atoms with van der Waals surface area (Å²) in [5.41, 5.74) is 0. The van der Waals surface area contributed by atoms with Crippen molar-refractivity contribution in [3.05, 3.63) is 48.6 Å². The highest BCUT2D eigenvalue weighted by atomic mass is 16.7. The van der Waals surface area contributed by atoms with Crippen LogP contribution < -0.4 is 5.11 Å². The van der Waals surface area contributed by atoms with Gasteiger partial charge in [-0.25, -0.2) is 0 Å². The molecule has 0 N–H and O–H groups in total. The van der Waals surface area contributed by atoms with Gasteiger partial charge in [0.15, 0.2) is 12.4 Å². The van der Waals surface area contributed by atoms with Gasteiger partial charge in [-0.1, -0.05) is 184 Å². The first-order valence-corrected chi connectivity index (χ1v) is 26.3. The van der Waals surface area contributed by atoms with Crippen LogP contribution >= 0.6 is 0 Å². The second-order valence-corrected chi connectivity index (χ2v) is 18.8. The number of aliphatic carboxylic acids is 1. The van der Waals surface area contributed by atoms with Gasteiger partial charge in [-0.3, -0.25) is 9.59 Å². The third-order valence-electron chi connectivity index (χ3n) is 11.3. The summed E-state index contributed by atoms with van der Waals surface area (Å²) in [6.07, 6.45) is 52.8. The van der Waals surface area contributed by atoms with E-state index in [0.29, 0.717) is 17.4 Å².